The van der Waals surface area contributed by atoms with Crippen LogP contribution < -0.4 is 4.72 Å². The largest absolute Gasteiger partial charge is 0.468 e. The quantitative estimate of drug-likeness (QED) is 0.513. The number of furan rings is 1. The molecule has 4 rings (SSSR count). The molecular formula is C24H26N4O4S. The average molecular weight is 467 g/mol. The van der Waals surface area contributed by atoms with E-state index in [1.54, 1.807) is 36.5 Å². The Hall–Kier alpha value is -3.27. The molecule has 3 heterocycles. The molecule has 1 aromatic carbocycles. The minimum atomic E-state index is -3.65. The van der Waals surface area contributed by atoms with Crippen molar-refractivity contribution in [2.24, 2.45) is 0 Å². The average Bonchev–Trinajstić information content (AvgIpc) is 3.37. The van der Waals surface area contributed by atoms with E-state index in [0.717, 1.165) is 25.2 Å². The molecule has 33 heavy (non-hydrogen) atoms. The van der Waals surface area contributed by atoms with Crippen molar-refractivity contribution in [3.05, 3.63) is 90.2 Å². The summed E-state index contributed by atoms with van der Waals surface area (Å²) in [7, 11) is -3.65. The van der Waals surface area contributed by atoms with E-state index in [1.165, 1.54) is 30.0 Å². The summed E-state index contributed by atoms with van der Waals surface area (Å²) >= 11 is 0. The van der Waals surface area contributed by atoms with E-state index in [0.29, 0.717) is 18.8 Å². The summed E-state index contributed by atoms with van der Waals surface area (Å²) in [5.41, 5.74) is 1.92. The van der Waals surface area contributed by atoms with Crippen LogP contribution in [-0.2, 0) is 27.9 Å². The fraction of sp³-hybridized carbons (Fsp3) is 0.250. The van der Waals surface area contributed by atoms with Crippen molar-refractivity contribution in [2.75, 3.05) is 26.2 Å². The topological polar surface area (TPSA) is 95.7 Å². The molecule has 1 amide bonds. The van der Waals surface area contributed by atoms with E-state index in [9.17, 15) is 13.2 Å². The zero-order valence-electron chi connectivity index (χ0n) is 18.1. The highest BCUT2D eigenvalue weighted by Crippen LogP contribution is 2.13. The second-order valence-electron chi connectivity index (χ2n) is 7.77. The molecule has 0 unspecified atom stereocenters. The van der Waals surface area contributed by atoms with E-state index in [2.05, 4.69) is 20.7 Å². The SMILES string of the molecule is O=C(/C=C/c1ccc(S(=O)(=O)NCc2ccco2)cc1)N1CCN(Cc2cccnc2)CC1. The minimum Gasteiger partial charge on any atom is -0.468 e. The van der Waals surface area contributed by atoms with Crippen molar-refractivity contribution in [1.29, 1.82) is 0 Å². The van der Waals surface area contributed by atoms with Gasteiger partial charge in [-0.05, 0) is 47.5 Å². The van der Waals surface area contributed by atoms with Gasteiger partial charge in [-0.3, -0.25) is 14.7 Å². The van der Waals surface area contributed by atoms with E-state index >= 15 is 0 Å². The third-order valence-corrected chi connectivity index (χ3v) is 6.86. The van der Waals surface area contributed by atoms with Gasteiger partial charge in [0.15, 0.2) is 0 Å². The van der Waals surface area contributed by atoms with Gasteiger partial charge in [0.2, 0.25) is 15.9 Å². The van der Waals surface area contributed by atoms with Crippen LogP contribution in [0.3, 0.4) is 0 Å². The van der Waals surface area contributed by atoms with Crippen LogP contribution in [0.1, 0.15) is 16.9 Å². The second-order valence-corrected chi connectivity index (χ2v) is 9.54. The molecular weight excluding hydrogens is 440 g/mol. The second kappa shape index (κ2) is 10.6. The van der Waals surface area contributed by atoms with Gasteiger partial charge in [-0.2, -0.15) is 0 Å². The minimum absolute atomic E-state index is 0.0483. The lowest BCUT2D eigenvalue weighted by Crippen LogP contribution is -2.47. The first-order chi connectivity index (χ1) is 16.0. The lowest BCUT2D eigenvalue weighted by Gasteiger charge is -2.34. The van der Waals surface area contributed by atoms with Gasteiger partial charge in [-0.15, -0.1) is 0 Å². The molecule has 9 heteroatoms. The maximum absolute atomic E-state index is 12.6. The van der Waals surface area contributed by atoms with Gasteiger partial charge in [0, 0.05) is 51.2 Å². The summed E-state index contributed by atoms with van der Waals surface area (Å²) in [6.45, 7) is 3.88. The molecule has 0 spiro atoms. The Bertz CT molecular complexity index is 1170. The molecule has 8 nitrogen and oxygen atoms in total. The third-order valence-electron chi connectivity index (χ3n) is 5.44. The highest BCUT2D eigenvalue weighted by Gasteiger charge is 2.19. The van der Waals surface area contributed by atoms with E-state index in [1.807, 2.05) is 17.2 Å². The normalized spacial score (nSPS) is 15.2. The Balaban J connectivity index is 1.27. The molecule has 1 saturated heterocycles. The number of nitrogens with zero attached hydrogens (tertiary/aromatic N) is 3. The van der Waals surface area contributed by atoms with Crippen molar-refractivity contribution in [2.45, 2.75) is 18.0 Å². The van der Waals surface area contributed by atoms with Crippen LogP contribution in [0.25, 0.3) is 6.08 Å². The fourth-order valence-corrected chi connectivity index (χ4v) is 4.56. The summed E-state index contributed by atoms with van der Waals surface area (Å²) in [6, 6.07) is 13.8. The number of rotatable bonds is 8. The number of aromatic nitrogens is 1. The standard InChI is InChI=1S/C24H26N4O4S/c29-24(28-14-12-27(13-15-28)19-21-3-1-11-25-17-21)10-7-20-5-8-23(9-6-20)33(30,31)26-18-22-4-2-16-32-22/h1-11,16-17,26H,12-15,18-19H2/b10-7+. The van der Waals surface area contributed by atoms with E-state index < -0.39 is 10.0 Å². The van der Waals surface area contributed by atoms with Crippen LogP contribution in [0.15, 0.2) is 82.6 Å². The zero-order valence-corrected chi connectivity index (χ0v) is 18.9. The summed E-state index contributed by atoms with van der Waals surface area (Å²) in [6.07, 6.45) is 8.37. The maximum Gasteiger partial charge on any atom is 0.246 e. The Morgan fingerprint density at radius 3 is 2.52 bits per heavy atom. The van der Waals surface area contributed by atoms with Crippen molar-refractivity contribution in [1.82, 2.24) is 19.5 Å². The van der Waals surface area contributed by atoms with Gasteiger partial charge >= 0.3 is 0 Å². The highest BCUT2D eigenvalue weighted by molar-refractivity contribution is 7.89. The molecule has 1 aliphatic rings. The van der Waals surface area contributed by atoms with Gasteiger partial charge in [-0.1, -0.05) is 18.2 Å². The number of amides is 1. The molecule has 172 valence electrons. The van der Waals surface area contributed by atoms with Crippen LogP contribution in [0.4, 0.5) is 0 Å². The molecule has 0 radical (unpaired) electrons. The molecule has 0 aliphatic carbocycles. The van der Waals surface area contributed by atoms with Crippen LogP contribution in [-0.4, -0.2) is 55.3 Å². The molecule has 0 saturated carbocycles. The lowest BCUT2D eigenvalue weighted by atomic mass is 10.2. The summed E-state index contributed by atoms with van der Waals surface area (Å²) in [5.74, 6) is 0.488. The van der Waals surface area contributed by atoms with Crippen molar-refractivity contribution in [3.8, 4) is 0 Å². The molecule has 1 fully saturated rings. The van der Waals surface area contributed by atoms with Gasteiger partial charge in [0.25, 0.3) is 0 Å². The number of benzene rings is 1. The smallest absolute Gasteiger partial charge is 0.246 e. The zero-order chi connectivity index (χ0) is 23.1. The van der Waals surface area contributed by atoms with Crippen molar-refractivity contribution in [3.63, 3.8) is 0 Å². The molecule has 0 atom stereocenters. The fourth-order valence-electron chi connectivity index (χ4n) is 3.57. The summed E-state index contributed by atoms with van der Waals surface area (Å²) in [4.78, 5) is 21.0. The summed E-state index contributed by atoms with van der Waals surface area (Å²) in [5, 5.41) is 0. The molecule has 3 aromatic rings. The van der Waals surface area contributed by atoms with Crippen LogP contribution in [0.2, 0.25) is 0 Å². The van der Waals surface area contributed by atoms with Crippen LogP contribution in [0.5, 0.6) is 0 Å². The van der Waals surface area contributed by atoms with Gasteiger partial charge in [-0.25, -0.2) is 13.1 Å². The maximum atomic E-state index is 12.6. The monoisotopic (exact) mass is 466 g/mol. The summed E-state index contributed by atoms with van der Waals surface area (Å²) < 4.78 is 32.5. The number of hydrogen-bond acceptors (Lipinski definition) is 6. The number of sulfonamides is 1. The third kappa shape index (κ3) is 6.38. The van der Waals surface area contributed by atoms with Gasteiger partial charge in [0.1, 0.15) is 5.76 Å². The predicted octanol–water partition coefficient (Wildman–Crippen LogP) is 2.51. The Morgan fingerprint density at radius 2 is 1.85 bits per heavy atom. The lowest BCUT2D eigenvalue weighted by molar-refractivity contribution is -0.127. The first-order valence-electron chi connectivity index (χ1n) is 10.7. The predicted molar refractivity (Wildman–Crippen MR) is 124 cm³/mol. The Kier molecular flexibility index (Phi) is 7.33. The van der Waals surface area contributed by atoms with Crippen LogP contribution >= 0.6 is 0 Å². The first-order valence-corrected chi connectivity index (χ1v) is 12.2. The molecule has 1 N–H and O–H groups in total. The molecule has 0 bridgehead atoms. The number of pyridine rings is 1. The number of nitrogens with one attached hydrogen (secondary N) is 1. The van der Waals surface area contributed by atoms with Crippen LogP contribution in [0, 0.1) is 0 Å². The Labute approximate surface area is 193 Å². The van der Waals surface area contributed by atoms with Crippen molar-refractivity contribution < 1.29 is 17.6 Å². The van der Waals surface area contributed by atoms with Gasteiger partial charge in [0.05, 0.1) is 17.7 Å². The Morgan fingerprint density at radius 1 is 1.06 bits per heavy atom. The van der Waals surface area contributed by atoms with Crippen molar-refractivity contribution >= 4 is 22.0 Å². The first kappa shape index (κ1) is 22.9. The van der Waals surface area contributed by atoms with E-state index in [4.69, 9.17) is 4.42 Å². The number of piperazine rings is 1. The van der Waals surface area contributed by atoms with E-state index in [-0.39, 0.29) is 17.3 Å². The van der Waals surface area contributed by atoms with Gasteiger partial charge < -0.3 is 9.32 Å². The number of hydrogen-bond donors (Lipinski definition) is 1. The highest BCUT2D eigenvalue weighted by atomic mass is 32.2. The molecule has 2 aromatic heterocycles. The molecule has 1 aliphatic heterocycles. The number of carbonyl (C=O) groups excluding carboxylic acids is 1. The number of carbonyl (C=O) groups is 1.